The number of ether oxygens (including phenoxy) is 6. The Bertz CT molecular complexity index is 835. The number of rotatable bonds is 7. The first-order valence-electron chi connectivity index (χ1n) is 9.01. The minimum atomic E-state index is -0.357. The predicted octanol–water partition coefficient (Wildman–Crippen LogP) is 4.35. The largest absolute Gasteiger partial charge is 0.493 e. The van der Waals surface area contributed by atoms with Crippen LogP contribution in [0.2, 0.25) is 0 Å². The molecule has 0 radical (unpaired) electrons. The van der Waals surface area contributed by atoms with Crippen molar-refractivity contribution in [1.82, 2.24) is 0 Å². The fourth-order valence-corrected chi connectivity index (χ4v) is 3.36. The molecule has 0 aromatic heterocycles. The van der Waals surface area contributed by atoms with E-state index in [4.69, 9.17) is 28.4 Å². The van der Waals surface area contributed by atoms with Crippen molar-refractivity contribution in [3.63, 3.8) is 0 Å². The fraction of sp³-hybridized carbons (Fsp3) is 0.364. The molecule has 0 saturated heterocycles. The van der Waals surface area contributed by atoms with Gasteiger partial charge in [-0.25, -0.2) is 0 Å². The third-order valence-corrected chi connectivity index (χ3v) is 4.68. The second-order valence-electron chi connectivity index (χ2n) is 6.44. The van der Waals surface area contributed by atoms with Crippen molar-refractivity contribution in [1.29, 1.82) is 0 Å². The molecule has 1 aliphatic rings. The van der Waals surface area contributed by atoms with Crippen LogP contribution >= 0.6 is 0 Å². The predicted molar refractivity (Wildman–Crippen MR) is 106 cm³/mol. The minimum absolute atomic E-state index is 0.255. The standard InChI is InChI=1S/C22H26O6/c1-7-8-14-9-16(23-3)22-19(10-14)28-20(13(2)27-22)15-11-17(24-4)21(26-6)18(12-15)25-5/h7,9-13,20H,1,8H2,2-6H3/t13-,20+/m0/s1. The molecular formula is C22H26O6. The summed E-state index contributed by atoms with van der Waals surface area (Å²) in [6.45, 7) is 5.75. The third kappa shape index (κ3) is 3.54. The highest BCUT2D eigenvalue weighted by Crippen LogP contribution is 2.48. The average Bonchev–Trinajstić information content (AvgIpc) is 2.72. The van der Waals surface area contributed by atoms with E-state index in [1.165, 1.54) is 0 Å². The molecule has 6 heteroatoms. The van der Waals surface area contributed by atoms with Gasteiger partial charge < -0.3 is 28.4 Å². The van der Waals surface area contributed by atoms with Crippen LogP contribution in [-0.4, -0.2) is 34.5 Å². The van der Waals surface area contributed by atoms with Gasteiger partial charge in [0.1, 0.15) is 6.10 Å². The van der Waals surface area contributed by atoms with Crippen molar-refractivity contribution >= 4 is 0 Å². The van der Waals surface area contributed by atoms with Gasteiger partial charge in [0, 0.05) is 5.56 Å². The van der Waals surface area contributed by atoms with E-state index in [1.54, 1.807) is 28.4 Å². The molecule has 0 unspecified atom stereocenters. The van der Waals surface area contributed by atoms with Crippen LogP contribution in [0.4, 0.5) is 0 Å². The van der Waals surface area contributed by atoms with E-state index in [-0.39, 0.29) is 12.2 Å². The van der Waals surface area contributed by atoms with Crippen LogP contribution in [0.3, 0.4) is 0 Å². The second kappa shape index (κ2) is 8.33. The summed E-state index contributed by atoms with van der Waals surface area (Å²) in [5, 5.41) is 0. The van der Waals surface area contributed by atoms with Crippen LogP contribution in [0.15, 0.2) is 36.9 Å². The van der Waals surface area contributed by atoms with Crippen molar-refractivity contribution in [3.05, 3.63) is 48.0 Å². The maximum Gasteiger partial charge on any atom is 0.204 e. The molecule has 0 amide bonds. The highest BCUT2D eigenvalue weighted by molar-refractivity contribution is 5.57. The van der Waals surface area contributed by atoms with E-state index >= 15 is 0 Å². The van der Waals surface area contributed by atoms with Gasteiger partial charge in [0.05, 0.1) is 28.4 Å². The van der Waals surface area contributed by atoms with Gasteiger partial charge in [-0.1, -0.05) is 6.08 Å². The van der Waals surface area contributed by atoms with Crippen LogP contribution in [0, 0.1) is 0 Å². The molecule has 0 spiro atoms. The van der Waals surface area contributed by atoms with Crippen molar-refractivity contribution < 1.29 is 28.4 Å². The van der Waals surface area contributed by atoms with Gasteiger partial charge in [0.15, 0.2) is 29.1 Å². The van der Waals surface area contributed by atoms with Gasteiger partial charge in [-0.05, 0) is 43.2 Å². The molecule has 28 heavy (non-hydrogen) atoms. The molecule has 0 aliphatic carbocycles. The van der Waals surface area contributed by atoms with Gasteiger partial charge in [-0.3, -0.25) is 0 Å². The highest BCUT2D eigenvalue weighted by Gasteiger charge is 2.33. The molecule has 0 bridgehead atoms. The lowest BCUT2D eigenvalue weighted by atomic mass is 10.0. The Balaban J connectivity index is 2.04. The molecule has 0 fully saturated rings. The fourth-order valence-electron chi connectivity index (χ4n) is 3.36. The normalized spacial score (nSPS) is 17.6. The number of fused-ring (bicyclic) bond motifs is 1. The first-order chi connectivity index (χ1) is 13.6. The number of allylic oxidation sites excluding steroid dienone is 1. The Labute approximate surface area is 165 Å². The zero-order valence-electron chi connectivity index (χ0n) is 16.9. The zero-order chi connectivity index (χ0) is 20.3. The minimum Gasteiger partial charge on any atom is -0.493 e. The Kier molecular flexibility index (Phi) is 5.87. The van der Waals surface area contributed by atoms with E-state index < -0.39 is 0 Å². The maximum atomic E-state index is 6.34. The van der Waals surface area contributed by atoms with E-state index in [0.717, 1.165) is 11.1 Å². The van der Waals surface area contributed by atoms with Gasteiger partial charge in [-0.15, -0.1) is 6.58 Å². The zero-order valence-corrected chi connectivity index (χ0v) is 16.9. The van der Waals surface area contributed by atoms with Gasteiger partial charge in [-0.2, -0.15) is 0 Å². The van der Waals surface area contributed by atoms with Crippen LogP contribution in [0.25, 0.3) is 0 Å². The lowest BCUT2D eigenvalue weighted by Crippen LogP contribution is -2.31. The lowest BCUT2D eigenvalue weighted by molar-refractivity contribution is 0.0278. The summed E-state index contributed by atoms with van der Waals surface area (Å²) in [7, 11) is 6.37. The Morgan fingerprint density at radius 2 is 1.54 bits per heavy atom. The van der Waals surface area contributed by atoms with Crippen molar-refractivity contribution in [2.45, 2.75) is 25.6 Å². The third-order valence-electron chi connectivity index (χ3n) is 4.68. The van der Waals surface area contributed by atoms with E-state index in [2.05, 4.69) is 6.58 Å². The maximum absolute atomic E-state index is 6.34. The topological polar surface area (TPSA) is 55.4 Å². The van der Waals surface area contributed by atoms with Gasteiger partial charge in [0.25, 0.3) is 0 Å². The van der Waals surface area contributed by atoms with Crippen LogP contribution in [0.1, 0.15) is 24.2 Å². The highest BCUT2D eigenvalue weighted by atomic mass is 16.6. The first-order valence-corrected chi connectivity index (χ1v) is 9.01. The summed E-state index contributed by atoms with van der Waals surface area (Å²) >= 11 is 0. The molecule has 0 N–H and O–H groups in total. The van der Waals surface area contributed by atoms with Crippen molar-refractivity contribution in [2.75, 3.05) is 28.4 Å². The summed E-state index contributed by atoms with van der Waals surface area (Å²) in [5.74, 6) is 3.55. The molecule has 3 rings (SSSR count). The van der Waals surface area contributed by atoms with Crippen molar-refractivity contribution in [2.24, 2.45) is 0 Å². The smallest absolute Gasteiger partial charge is 0.204 e. The second-order valence-corrected chi connectivity index (χ2v) is 6.44. The Hall–Kier alpha value is -3.02. The van der Waals surface area contributed by atoms with Gasteiger partial charge >= 0.3 is 0 Å². The number of hydrogen-bond acceptors (Lipinski definition) is 6. The molecule has 2 aromatic rings. The van der Waals surface area contributed by atoms with Gasteiger partial charge in [0.2, 0.25) is 11.5 Å². The quantitative estimate of drug-likeness (QED) is 0.660. The van der Waals surface area contributed by atoms with E-state index in [9.17, 15) is 0 Å². The molecule has 6 nitrogen and oxygen atoms in total. The summed E-state index contributed by atoms with van der Waals surface area (Å²) in [5.41, 5.74) is 1.90. The average molecular weight is 386 g/mol. The number of methoxy groups -OCH3 is 4. The summed E-state index contributed by atoms with van der Waals surface area (Å²) in [6, 6.07) is 7.65. The molecule has 0 saturated carbocycles. The summed E-state index contributed by atoms with van der Waals surface area (Å²) in [4.78, 5) is 0. The number of benzene rings is 2. The lowest BCUT2D eigenvalue weighted by Gasteiger charge is -2.33. The SMILES string of the molecule is C=CCc1cc(OC)c2c(c1)O[C@@H](c1cc(OC)c(OC)c(OC)c1)[C@H](C)O2. The van der Waals surface area contributed by atoms with Crippen LogP contribution in [-0.2, 0) is 6.42 Å². The van der Waals surface area contributed by atoms with E-state index in [0.29, 0.717) is 40.9 Å². The molecule has 1 aliphatic heterocycles. The molecule has 2 atom stereocenters. The first kappa shape index (κ1) is 19.7. The van der Waals surface area contributed by atoms with Crippen molar-refractivity contribution in [3.8, 4) is 34.5 Å². The van der Waals surface area contributed by atoms with E-state index in [1.807, 2.05) is 37.3 Å². The van der Waals surface area contributed by atoms with Crippen LogP contribution in [0.5, 0.6) is 34.5 Å². The molecule has 2 aromatic carbocycles. The molecular weight excluding hydrogens is 360 g/mol. The monoisotopic (exact) mass is 386 g/mol. The Morgan fingerprint density at radius 3 is 2.07 bits per heavy atom. The molecule has 150 valence electrons. The van der Waals surface area contributed by atoms with Crippen LogP contribution < -0.4 is 28.4 Å². The number of hydrogen-bond donors (Lipinski definition) is 0. The summed E-state index contributed by atoms with van der Waals surface area (Å²) < 4.78 is 34.4. The summed E-state index contributed by atoms with van der Waals surface area (Å²) in [6.07, 6.45) is 1.93. The Morgan fingerprint density at radius 1 is 0.893 bits per heavy atom. The molecule has 1 heterocycles.